The van der Waals surface area contributed by atoms with Gasteiger partial charge < -0.3 is 10.1 Å². The van der Waals surface area contributed by atoms with Crippen molar-refractivity contribution in [3.63, 3.8) is 0 Å². The van der Waals surface area contributed by atoms with Gasteiger partial charge in [0.2, 0.25) is 0 Å². The molecule has 0 amide bonds. The first-order valence-electron chi connectivity index (χ1n) is 7.35. The SMILES string of the molecule is CCCOc1cc(C)ccc1NC(C)c1ccc(Cl)cc1. The van der Waals surface area contributed by atoms with Gasteiger partial charge in [-0.05, 0) is 55.7 Å². The molecule has 1 atom stereocenters. The summed E-state index contributed by atoms with van der Waals surface area (Å²) >= 11 is 5.94. The van der Waals surface area contributed by atoms with E-state index in [2.05, 4.69) is 44.3 Å². The minimum atomic E-state index is 0.189. The van der Waals surface area contributed by atoms with Crippen LogP contribution in [0, 0.1) is 6.92 Å². The summed E-state index contributed by atoms with van der Waals surface area (Å²) in [5.74, 6) is 0.915. The van der Waals surface area contributed by atoms with Gasteiger partial charge in [-0.25, -0.2) is 0 Å². The van der Waals surface area contributed by atoms with Crippen molar-refractivity contribution in [3.05, 3.63) is 58.6 Å². The molecular formula is C18H22ClNO. The molecule has 21 heavy (non-hydrogen) atoms. The molecule has 0 aliphatic rings. The van der Waals surface area contributed by atoms with Crippen LogP contribution in [0.25, 0.3) is 0 Å². The monoisotopic (exact) mass is 303 g/mol. The molecule has 2 aromatic carbocycles. The average Bonchev–Trinajstić information content (AvgIpc) is 2.48. The van der Waals surface area contributed by atoms with Gasteiger partial charge in [-0.1, -0.05) is 36.7 Å². The maximum absolute atomic E-state index is 5.94. The Kier molecular flexibility index (Phi) is 5.51. The minimum absolute atomic E-state index is 0.189. The fourth-order valence-electron chi connectivity index (χ4n) is 2.15. The highest BCUT2D eigenvalue weighted by molar-refractivity contribution is 6.30. The van der Waals surface area contributed by atoms with E-state index in [0.717, 1.165) is 29.5 Å². The Labute approximate surface area is 132 Å². The average molecular weight is 304 g/mol. The van der Waals surface area contributed by atoms with E-state index in [-0.39, 0.29) is 6.04 Å². The Morgan fingerprint density at radius 3 is 2.52 bits per heavy atom. The Morgan fingerprint density at radius 2 is 1.86 bits per heavy atom. The van der Waals surface area contributed by atoms with Crippen LogP contribution in [0.15, 0.2) is 42.5 Å². The Morgan fingerprint density at radius 1 is 1.14 bits per heavy atom. The van der Waals surface area contributed by atoms with Crippen LogP contribution in [0.3, 0.4) is 0 Å². The zero-order valence-corrected chi connectivity index (χ0v) is 13.6. The van der Waals surface area contributed by atoms with Gasteiger partial charge in [0.15, 0.2) is 0 Å². The van der Waals surface area contributed by atoms with Crippen LogP contribution in [-0.2, 0) is 0 Å². The van der Waals surface area contributed by atoms with Crippen LogP contribution in [0.2, 0.25) is 5.02 Å². The Balaban J connectivity index is 2.16. The summed E-state index contributed by atoms with van der Waals surface area (Å²) in [6.07, 6.45) is 1.00. The normalized spacial score (nSPS) is 12.0. The standard InChI is InChI=1S/C18H22ClNO/c1-4-11-21-18-12-13(2)5-10-17(18)20-14(3)15-6-8-16(19)9-7-15/h5-10,12,14,20H,4,11H2,1-3H3. The number of aryl methyl sites for hydroxylation is 1. The van der Waals surface area contributed by atoms with Crippen molar-refractivity contribution < 1.29 is 4.74 Å². The van der Waals surface area contributed by atoms with Crippen LogP contribution in [0.5, 0.6) is 5.75 Å². The Hall–Kier alpha value is -1.67. The number of rotatable bonds is 6. The highest BCUT2D eigenvalue weighted by Crippen LogP contribution is 2.30. The summed E-state index contributed by atoms with van der Waals surface area (Å²) < 4.78 is 5.84. The summed E-state index contributed by atoms with van der Waals surface area (Å²) in [6, 6.07) is 14.3. The van der Waals surface area contributed by atoms with Crippen LogP contribution in [-0.4, -0.2) is 6.61 Å². The van der Waals surface area contributed by atoms with Crippen molar-refractivity contribution in [2.24, 2.45) is 0 Å². The predicted molar refractivity (Wildman–Crippen MR) is 90.5 cm³/mol. The lowest BCUT2D eigenvalue weighted by Crippen LogP contribution is -2.08. The van der Waals surface area contributed by atoms with Gasteiger partial charge in [0.25, 0.3) is 0 Å². The molecule has 0 saturated heterocycles. The lowest BCUT2D eigenvalue weighted by molar-refractivity contribution is 0.318. The molecular weight excluding hydrogens is 282 g/mol. The van der Waals surface area contributed by atoms with Crippen LogP contribution in [0.1, 0.15) is 37.4 Å². The molecule has 2 rings (SSSR count). The molecule has 2 aromatic rings. The van der Waals surface area contributed by atoms with Crippen molar-refractivity contribution in [2.75, 3.05) is 11.9 Å². The molecule has 0 bridgehead atoms. The topological polar surface area (TPSA) is 21.3 Å². The molecule has 0 heterocycles. The molecule has 0 aromatic heterocycles. The molecule has 0 aliphatic carbocycles. The summed E-state index contributed by atoms with van der Waals surface area (Å²) in [4.78, 5) is 0. The number of halogens is 1. The van der Waals surface area contributed by atoms with Crippen LogP contribution < -0.4 is 10.1 Å². The van der Waals surface area contributed by atoms with Gasteiger partial charge in [-0.15, -0.1) is 0 Å². The molecule has 0 fully saturated rings. The first-order valence-corrected chi connectivity index (χ1v) is 7.73. The molecule has 3 heteroatoms. The van der Waals surface area contributed by atoms with Gasteiger partial charge in [0, 0.05) is 11.1 Å². The molecule has 112 valence electrons. The van der Waals surface area contributed by atoms with Gasteiger partial charge in [-0.2, -0.15) is 0 Å². The first-order chi connectivity index (χ1) is 10.1. The van der Waals surface area contributed by atoms with E-state index in [1.165, 1.54) is 11.1 Å². The number of hydrogen-bond donors (Lipinski definition) is 1. The maximum atomic E-state index is 5.94. The number of ether oxygens (including phenoxy) is 1. The third kappa shape index (κ3) is 4.40. The first kappa shape index (κ1) is 15.7. The second-order valence-corrected chi connectivity index (χ2v) is 5.70. The smallest absolute Gasteiger partial charge is 0.142 e. The third-order valence-corrected chi connectivity index (χ3v) is 3.59. The molecule has 0 radical (unpaired) electrons. The fraction of sp³-hybridized carbons (Fsp3) is 0.333. The van der Waals surface area contributed by atoms with Crippen molar-refractivity contribution in [1.82, 2.24) is 0 Å². The highest BCUT2D eigenvalue weighted by atomic mass is 35.5. The summed E-state index contributed by atoms with van der Waals surface area (Å²) in [5, 5.41) is 4.27. The number of nitrogens with one attached hydrogen (secondary N) is 1. The third-order valence-electron chi connectivity index (χ3n) is 3.34. The van der Waals surface area contributed by atoms with Gasteiger partial charge >= 0.3 is 0 Å². The largest absolute Gasteiger partial charge is 0.491 e. The van der Waals surface area contributed by atoms with E-state index in [1.54, 1.807) is 0 Å². The second-order valence-electron chi connectivity index (χ2n) is 5.27. The zero-order chi connectivity index (χ0) is 15.2. The van der Waals surface area contributed by atoms with E-state index in [4.69, 9.17) is 16.3 Å². The summed E-state index contributed by atoms with van der Waals surface area (Å²) in [7, 11) is 0. The maximum Gasteiger partial charge on any atom is 0.142 e. The van der Waals surface area contributed by atoms with Crippen LogP contribution >= 0.6 is 11.6 Å². The van der Waals surface area contributed by atoms with Gasteiger partial charge in [0.05, 0.1) is 12.3 Å². The summed E-state index contributed by atoms with van der Waals surface area (Å²) in [6.45, 7) is 7.05. The molecule has 1 unspecified atom stereocenters. The van der Waals surface area contributed by atoms with Crippen molar-refractivity contribution in [1.29, 1.82) is 0 Å². The van der Waals surface area contributed by atoms with Gasteiger partial charge in [0.1, 0.15) is 5.75 Å². The van der Waals surface area contributed by atoms with E-state index in [9.17, 15) is 0 Å². The molecule has 0 saturated carbocycles. The molecule has 1 N–H and O–H groups in total. The molecule has 2 nitrogen and oxygen atoms in total. The van der Waals surface area contributed by atoms with E-state index in [0.29, 0.717) is 0 Å². The fourth-order valence-corrected chi connectivity index (χ4v) is 2.27. The second kappa shape index (κ2) is 7.37. The lowest BCUT2D eigenvalue weighted by Gasteiger charge is -2.19. The predicted octanol–water partition coefficient (Wildman–Crippen LogP) is 5.61. The summed E-state index contributed by atoms with van der Waals surface area (Å²) in [5.41, 5.74) is 3.42. The van der Waals surface area contributed by atoms with E-state index >= 15 is 0 Å². The molecule has 0 aliphatic heterocycles. The number of hydrogen-bond acceptors (Lipinski definition) is 2. The lowest BCUT2D eigenvalue weighted by atomic mass is 10.1. The zero-order valence-electron chi connectivity index (χ0n) is 12.8. The van der Waals surface area contributed by atoms with Crippen LogP contribution in [0.4, 0.5) is 5.69 Å². The van der Waals surface area contributed by atoms with E-state index in [1.807, 2.05) is 24.3 Å². The number of benzene rings is 2. The highest BCUT2D eigenvalue weighted by Gasteiger charge is 2.09. The molecule has 0 spiro atoms. The Bertz CT molecular complexity index is 580. The minimum Gasteiger partial charge on any atom is -0.491 e. The van der Waals surface area contributed by atoms with Crippen molar-refractivity contribution in [3.8, 4) is 5.75 Å². The number of anilines is 1. The van der Waals surface area contributed by atoms with Crippen molar-refractivity contribution >= 4 is 17.3 Å². The van der Waals surface area contributed by atoms with E-state index < -0.39 is 0 Å². The van der Waals surface area contributed by atoms with Crippen molar-refractivity contribution in [2.45, 2.75) is 33.2 Å². The van der Waals surface area contributed by atoms with Gasteiger partial charge in [-0.3, -0.25) is 0 Å². The quantitative estimate of drug-likeness (QED) is 0.749.